The molecule has 0 unspecified atom stereocenters. The van der Waals surface area contributed by atoms with E-state index in [2.05, 4.69) is 201 Å². The first kappa shape index (κ1) is 49.1. The Bertz CT molecular complexity index is 3820. The highest BCUT2D eigenvalue weighted by Crippen LogP contribution is 2.51. The topological polar surface area (TPSA) is 70.0 Å². The number of hydrogen-bond acceptors (Lipinski definition) is 6. The van der Waals surface area contributed by atoms with E-state index >= 15 is 0 Å². The average Bonchev–Trinajstić information content (AvgIpc) is 3.93. The van der Waals surface area contributed by atoms with Crippen LogP contribution in [0.4, 0.5) is 0 Å². The van der Waals surface area contributed by atoms with Crippen LogP contribution in [-0.2, 0) is 20.1 Å². The van der Waals surface area contributed by atoms with E-state index in [0.29, 0.717) is 16.7 Å². The second kappa shape index (κ2) is 18.8. The number of rotatable bonds is 7. The van der Waals surface area contributed by atoms with Gasteiger partial charge in [-0.1, -0.05) is 197 Å². The third-order valence-electron chi connectivity index (χ3n) is 16.1. The number of hydrogen-bond donors (Lipinski definition) is 0. The lowest BCUT2D eigenvalue weighted by molar-refractivity contribution is 0.00578. The number of aromatic nitrogens is 4. The minimum atomic E-state index is -0.407. The van der Waals surface area contributed by atoms with Crippen LogP contribution in [0, 0.1) is 0 Å². The van der Waals surface area contributed by atoms with Crippen LogP contribution in [0.15, 0.2) is 206 Å². The molecule has 3 aliphatic rings. The van der Waals surface area contributed by atoms with E-state index in [0.717, 1.165) is 61.6 Å². The van der Waals surface area contributed by atoms with Crippen LogP contribution in [0.5, 0.6) is 0 Å². The average molecular weight is 1010 g/mol. The summed E-state index contributed by atoms with van der Waals surface area (Å²) in [5, 5.41) is 0.698. The van der Waals surface area contributed by atoms with Gasteiger partial charge in [-0.2, -0.15) is 0 Å². The van der Waals surface area contributed by atoms with Crippen LogP contribution >= 0.6 is 11.6 Å². The van der Waals surface area contributed by atoms with Crippen molar-refractivity contribution in [1.82, 2.24) is 19.9 Å². The van der Waals surface area contributed by atoms with Crippen molar-refractivity contribution >= 4 is 24.2 Å². The fraction of sp³-hybridized carbons (Fsp3) is 0.176. The summed E-state index contributed by atoms with van der Waals surface area (Å²) in [4.78, 5) is 20.1. The van der Waals surface area contributed by atoms with Gasteiger partial charge in [0, 0.05) is 49.2 Å². The monoisotopic (exact) mass is 1010 g/mol. The van der Waals surface area contributed by atoms with E-state index in [4.69, 9.17) is 40.8 Å². The molecule has 1 fully saturated rings. The molecule has 3 heterocycles. The van der Waals surface area contributed by atoms with Gasteiger partial charge in [-0.15, -0.1) is 0 Å². The van der Waals surface area contributed by atoms with Crippen molar-refractivity contribution in [2.75, 3.05) is 0 Å². The Morgan fingerprint density at radius 2 is 0.671 bits per heavy atom. The second-order valence-electron chi connectivity index (χ2n) is 22.2. The molecule has 0 spiro atoms. The van der Waals surface area contributed by atoms with Crippen LogP contribution in [-0.4, -0.2) is 38.3 Å². The normalized spacial score (nSPS) is 15.7. The number of halogens is 1. The Morgan fingerprint density at radius 3 is 1.09 bits per heavy atom. The summed E-state index contributed by atoms with van der Waals surface area (Å²) < 4.78 is 12.5. The van der Waals surface area contributed by atoms with Crippen molar-refractivity contribution in [2.45, 2.75) is 77.4 Å². The van der Waals surface area contributed by atoms with E-state index in [1.54, 1.807) is 0 Å². The molecule has 6 nitrogen and oxygen atoms in total. The van der Waals surface area contributed by atoms with Gasteiger partial charge in [-0.25, -0.2) is 19.9 Å². The first-order valence-corrected chi connectivity index (χ1v) is 26.5. The highest BCUT2D eigenvalue weighted by atomic mass is 35.5. The number of benzene rings is 8. The highest BCUT2D eigenvalue weighted by molar-refractivity contribution is 6.62. The molecule has 8 heteroatoms. The van der Waals surface area contributed by atoms with Crippen LogP contribution in [0.25, 0.3) is 90.1 Å². The first-order valence-electron chi connectivity index (χ1n) is 26.1. The summed E-state index contributed by atoms with van der Waals surface area (Å²) in [7, 11) is -0.407. The smallest absolute Gasteiger partial charge is 0.399 e. The third-order valence-corrected chi connectivity index (χ3v) is 16.4. The lowest BCUT2D eigenvalue weighted by Crippen LogP contribution is -2.41. The van der Waals surface area contributed by atoms with Gasteiger partial charge < -0.3 is 9.31 Å². The van der Waals surface area contributed by atoms with E-state index < -0.39 is 7.12 Å². The fourth-order valence-corrected chi connectivity index (χ4v) is 11.2. The summed E-state index contributed by atoms with van der Waals surface area (Å²) in [6.07, 6.45) is 0. The molecular weight excluding hydrogens is 951 g/mol. The maximum atomic E-state index is 6.27. The molecule has 1 saturated heterocycles. The maximum Gasteiger partial charge on any atom is 0.494 e. The lowest BCUT2D eigenvalue weighted by Gasteiger charge is -2.32. The molecule has 0 atom stereocenters. The molecule has 1 aliphatic heterocycles. The van der Waals surface area contributed by atoms with Crippen molar-refractivity contribution in [3.63, 3.8) is 0 Å². The second-order valence-corrected chi connectivity index (χ2v) is 22.7. The van der Waals surface area contributed by atoms with Crippen molar-refractivity contribution < 1.29 is 9.31 Å². The van der Waals surface area contributed by atoms with Crippen LogP contribution in [0.1, 0.15) is 77.6 Å². The Morgan fingerprint density at radius 1 is 0.329 bits per heavy atom. The van der Waals surface area contributed by atoms with Gasteiger partial charge in [0.1, 0.15) is 0 Å². The molecule has 2 aliphatic carbocycles. The molecule has 0 bridgehead atoms. The standard InChI is InChI=1S/C37H35BN2O2.C31H23ClN2/c1-35(2)30-15-11-10-14-28(30)29-21-18-26(22-31(29)35)33-23-32(24-12-8-7-9-13-24)39-34(40-33)25-16-19-27(20-17-25)38-41-36(3,4)37(5,6)42-38;1-31(2)26-11-7-6-10-24(26)25-17-14-22(18-27(25)31)29-19-28(20-8-4-3-5-9-20)33-30(34-29)21-12-15-23(32)16-13-21/h7-23H,1-6H3;3-19H,1-2H3. The third kappa shape index (κ3) is 8.76. The van der Waals surface area contributed by atoms with Crippen molar-refractivity contribution in [3.05, 3.63) is 234 Å². The van der Waals surface area contributed by atoms with Gasteiger partial charge in [0.25, 0.3) is 0 Å². The Hall–Kier alpha value is -7.81. The fourth-order valence-electron chi connectivity index (χ4n) is 11.1. The van der Waals surface area contributed by atoms with Crippen LogP contribution in [0.2, 0.25) is 5.02 Å². The summed E-state index contributed by atoms with van der Waals surface area (Å²) >= 11 is 6.13. The molecule has 13 rings (SSSR count). The minimum Gasteiger partial charge on any atom is -0.399 e. The zero-order chi connectivity index (χ0) is 52.6. The van der Waals surface area contributed by atoms with Gasteiger partial charge in [-0.3, -0.25) is 0 Å². The molecule has 2 aromatic heterocycles. The van der Waals surface area contributed by atoms with Gasteiger partial charge in [0.15, 0.2) is 11.6 Å². The zero-order valence-electron chi connectivity index (χ0n) is 44.2. The van der Waals surface area contributed by atoms with Gasteiger partial charge in [-0.05, 0) is 126 Å². The maximum absolute atomic E-state index is 6.27. The summed E-state index contributed by atoms with van der Waals surface area (Å²) in [5.74, 6) is 1.38. The molecule has 0 N–H and O–H groups in total. The predicted molar refractivity (Wildman–Crippen MR) is 313 cm³/mol. The van der Waals surface area contributed by atoms with Crippen molar-refractivity contribution in [3.8, 4) is 90.1 Å². The van der Waals surface area contributed by atoms with Crippen LogP contribution in [0.3, 0.4) is 0 Å². The first-order chi connectivity index (χ1) is 36.5. The van der Waals surface area contributed by atoms with E-state index in [1.165, 1.54) is 44.5 Å². The van der Waals surface area contributed by atoms with Gasteiger partial charge in [0.2, 0.25) is 0 Å². The molecular formula is C68H58BClN4O2. The molecule has 0 amide bonds. The van der Waals surface area contributed by atoms with E-state index in [1.807, 2.05) is 60.7 Å². The lowest BCUT2D eigenvalue weighted by atomic mass is 9.79. The Balaban J connectivity index is 0.000000157. The predicted octanol–water partition coefficient (Wildman–Crippen LogP) is 16.5. The Kier molecular flexibility index (Phi) is 12.1. The van der Waals surface area contributed by atoms with Gasteiger partial charge >= 0.3 is 7.12 Å². The van der Waals surface area contributed by atoms with Gasteiger partial charge in [0.05, 0.1) is 34.0 Å². The molecule has 0 saturated carbocycles. The molecule has 0 radical (unpaired) electrons. The highest BCUT2D eigenvalue weighted by Gasteiger charge is 2.51. The van der Waals surface area contributed by atoms with E-state index in [-0.39, 0.29) is 22.0 Å². The molecule has 10 aromatic rings. The van der Waals surface area contributed by atoms with E-state index in [9.17, 15) is 0 Å². The molecule has 372 valence electrons. The minimum absolute atomic E-state index is 0.0593. The summed E-state index contributed by atoms with van der Waals surface area (Å²) in [6.45, 7) is 17.5. The SMILES string of the molecule is CC1(C)c2ccccc2-c2ccc(-c3cc(-c4ccccc4)nc(-c4ccc(B5OC(C)(C)C(C)(C)O5)cc4)n3)cc21.CC1(C)c2ccccc2-c2ccc(-c3cc(-c4ccccc4)nc(-c4ccc(Cl)cc4)n3)cc21. The summed E-state index contributed by atoms with van der Waals surface area (Å²) in [5.41, 5.74) is 20.5. The molecule has 76 heavy (non-hydrogen) atoms. The van der Waals surface area contributed by atoms with Crippen molar-refractivity contribution in [1.29, 1.82) is 0 Å². The van der Waals surface area contributed by atoms with Crippen LogP contribution < -0.4 is 5.46 Å². The number of fused-ring (bicyclic) bond motifs is 6. The number of nitrogens with zero attached hydrogens (tertiary/aromatic N) is 4. The zero-order valence-corrected chi connectivity index (χ0v) is 44.9. The largest absolute Gasteiger partial charge is 0.494 e. The quantitative estimate of drug-likeness (QED) is 0.148. The van der Waals surface area contributed by atoms with Crippen molar-refractivity contribution in [2.24, 2.45) is 0 Å². The summed E-state index contributed by atoms with van der Waals surface area (Å²) in [6, 6.07) is 71.7. The Labute approximate surface area is 452 Å². The molecule has 8 aromatic carbocycles.